The van der Waals surface area contributed by atoms with Crippen molar-refractivity contribution < 1.29 is 8.42 Å². The highest BCUT2D eigenvalue weighted by Crippen LogP contribution is 2.27. The molecule has 1 aliphatic carbocycles. The molecule has 1 aliphatic heterocycles. The van der Waals surface area contributed by atoms with Crippen LogP contribution >= 0.6 is 24.0 Å². The summed E-state index contributed by atoms with van der Waals surface area (Å²) in [6.07, 6.45) is 11.4. The van der Waals surface area contributed by atoms with Crippen LogP contribution in [0.2, 0.25) is 0 Å². The van der Waals surface area contributed by atoms with Gasteiger partial charge in [0.15, 0.2) is 5.96 Å². The number of guanidine groups is 1. The zero-order valence-corrected chi connectivity index (χ0v) is 20.4. The maximum absolute atomic E-state index is 11.3. The molecule has 2 N–H and O–H groups in total. The molecule has 1 saturated heterocycles. The Morgan fingerprint density at radius 1 is 1.19 bits per heavy atom. The largest absolute Gasteiger partial charge is 0.355 e. The van der Waals surface area contributed by atoms with Crippen LogP contribution in [0.1, 0.15) is 58.3 Å². The molecule has 8 heteroatoms. The maximum Gasteiger partial charge on any atom is 0.191 e. The molecule has 0 bridgehead atoms. The summed E-state index contributed by atoms with van der Waals surface area (Å²) in [5.74, 6) is 1.86. The molecule has 6 nitrogen and oxygen atoms in total. The van der Waals surface area contributed by atoms with Gasteiger partial charge in [0.25, 0.3) is 0 Å². The first-order chi connectivity index (χ1) is 12.4. The Morgan fingerprint density at radius 2 is 1.89 bits per heavy atom. The minimum absolute atomic E-state index is 0. The van der Waals surface area contributed by atoms with Crippen molar-refractivity contribution in [1.82, 2.24) is 15.5 Å². The van der Waals surface area contributed by atoms with Gasteiger partial charge in [-0.2, -0.15) is 0 Å². The highest BCUT2D eigenvalue weighted by atomic mass is 127. The van der Waals surface area contributed by atoms with Crippen LogP contribution < -0.4 is 10.6 Å². The minimum atomic E-state index is -2.92. The van der Waals surface area contributed by atoms with E-state index in [0.717, 1.165) is 18.4 Å². The molecule has 0 aromatic heterocycles. The number of hydrogen-bond donors (Lipinski definition) is 2. The van der Waals surface area contributed by atoms with Crippen molar-refractivity contribution >= 4 is 39.8 Å². The Balaban J connectivity index is 0.00000364. The number of rotatable bonds is 8. The molecule has 160 valence electrons. The summed E-state index contributed by atoms with van der Waals surface area (Å²) in [5.41, 5.74) is 0. The summed E-state index contributed by atoms with van der Waals surface area (Å²) in [7, 11) is -1.14. The predicted octanol–water partition coefficient (Wildman–Crippen LogP) is 2.64. The highest BCUT2D eigenvalue weighted by molar-refractivity contribution is 14.0. The zero-order valence-electron chi connectivity index (χ0n) is 17.2. The molecule has 2 fully saturated rings. The van der Waals surface area contributed by atoms with Gasteiger partial charge in [0.1, 0.15) is 9.84 Å². The lowest BCUT2D eigenvalue weighted by molar-refractivity contribution is 0.188. The summed E-state index contributed by atoms with van der Waals surface area (Å²) in [4.78, 5) is 6.97. The van der Waals surface area contributed by atoms with Gasteiger partial charge in [-0.3, -0.25) is 9.89 Å². The number of hydrogen-bond acceptors (Lipinski definition) is 4. The van der Waals surface area contributed by atoms with Gasteiger partial charge in [-0.15, -0.1) is 24.0 Å². The first-order valence-electron chi connectivity index (χ1n) is 10.3. The average molecular weight is 515 g/mol. The number of sulfone groups is 1. The van der Waals surface area contributed by atoms with Crippen molar-refractivity contribution in [2.45, 2.75) is 70.4 Å². The topological polar surface area (TPSA) is 73.8 Å². The monoisotopic (exact) mass is 514 g/mol. The van der Waals surface area contributed by atoms with Crippen LogP contribution in [-0.2, 0) is 9.84 Å². The van der Waals surface area contributed by atoms with E-state index >= 15 is 0 Å². The SMILES string of the molecule is CN=C(NCC1CCCN1CC1CCCCC1)NC(C)CCS(C)(=O)=O.I. The molecule has 2 rings (SSSR count). The number of halogens is 1. The molecule has 0 aromatic carbocycles. The molecular formula is C19H39IN4O2S. The van der Waals surface area contributed by atoms with Crippen LogP contribution in [0.15, 0.2) is 4.99 Å². The van der Waals surface area contributed by atoms with Crippen molar-refractivity contribution in [2.24, 2.45) is 10.9 Å². The van der Waals surface area contributed by atoms with E-state index < -0.39 is 9.84 Å². The summed E-state index contributed by atoms with van der Waals surface area (Å²) in [5, 5.41) is 6.77. The zero-order chi connectivity index (χ0) is 19.0. The Kier molecular flexibility index (Phi) is 11.5. The van der Waals surface area contributed by atoms with E-state index in [4.69, 9.17) is 0 Å². The fraction of sp³-hybridized carbons (Fsp3) is 0.947. The second-order valence-corrected chi connectivity index (χ2v) is 10.5. The average Bonchev–Trinajstić information content (AvgIpc) is 3.04. The number of likely N-dealkylation sites (tertiary alicyclic amines) is 1. The van der Waals surface area contributed by atoms with Crippen LogP contribution in [0.5, 0.6) is 0 Å². The van der Waals surface area contributed by atoms with Gasteiger partial charge < -0.3 is 10.6 Å². The highest BCUT2D eigenvalue weighted by Gasteiger charge is 2.27. The molecule has 2 atom stereocenters. The first kappa shape index (κ1) is 24.9. The third-order valence-corrected chi connectivity index (χ3v) is 6.73. The van der Waals surface area contributed by atoms with E-state index in [0.29, 0.717) is 12.5 Å². The third-order valence-electron chi connectivity index (χ3n) is 5.75. The van der Waals surface area contributed by atoms with Crippen LogP contribution in [0.3, 0.4) is 0 Å². The van der Waals surface area contributed by atoms with E-state index in [1.54, 1.807) is 7.05 Å². The van der Waals surface area contributed by atoms with E-state index in [-0.39, 0.29) is 35.8 Å². The fourth-order valence-corrected chi connectivity index (χ4v) is 4.96. The number of nitrogens with zero attached hydrogens (tertiary/aromatic N) is 2. The van der Waals surface area contributed by atoms with Crippen LogP contribution in [0.4, 0.5) is 0 Å². The maximum atomic E-state index is 11.3. The lowest BCUT2D eigenvalue weighted by atomic mass is 9.89. The second-order valence-electron chi connectivity index (χ2n) is 8.21. The standard InChI is InChI=1S/C19H38N4O2S.HI/c1-16(11-13-26(3,24)25)22-19(20-2)21-14-18-10-7-12-23(18)15-17-8-5-4-6-9-17;/h16-18H,4-15H2,1-3H3,(H2,20,21,22);1H. The quantitative estimate of drug-likeness (QED) is 0.296. The van der Waals surface area contributed by atoms with Crippen LogP contribution in [0, 0.1) is 5.92 Å². The Hall–Kier alpha value is -0.0900. The number of aliphatic imine (C=N–C) groups is 1. The smallest absolute Gasteiger partial charge is 0.191 e. The summed E-state index contributed by atoms with van der Waals surface area (Å²) >= 11 is 0. The van der Waals surface area contributed by atoms with Gasteiger partial charge in [0, 0.05) is 38.5 Å². The lowest BCUT2D eigenvalue weighted by Gasteiger charge is -2.31. The molecule has 2 unspecified atom stereocenters. The molecule has 0 spiro atoms. The Morgan fingerprint density at radius 3 is 2.52 bits per heavy atom. The van der Waals surface area contributed by atoms with E-state index in [1.807, 2.05) is 6.92 Å². The second kappa shape index (κ2) is 12.5. The molecule has 2 aliphatic rings. The summed E-state index contributed by atoms with van der Waals surface area (Å²) in [6, 6.07) is 0.666. The molecule has 27 heavy (non-hydrogen) atoms. The van der Waals surface area contributed by atoms with Crippen molar-refractivity contribution in [1.29, 1.82) is 0 Å². The van der Waals surface area contributed by atoms with Crippen molar-refractivity contribution in [3.63, 3.8) is 0 Å². The molecule has 1 heterocycles. The van der Waals surface area contributed by atoms with E-state index in [2.05, 4.69) is 20.5 Å². The molecule has 0 aromatic rings. The van der Waals surface area contributed by atoms with Crippen LogP contribution in [0.25, 0.3) is 0 Å². The fourth-order valence-electron chi connectivity index (χ4n) is 4.17. The summed E-state index contributed by atoms with van der Waals surface area (Å²) in [6.45, 7) is 5.39. The summed E-state index contributed by atoms with van der Waals surface area (Å²) < 4.78 is 22.6. The van der Waals surface area contributed by atoms with Gasteiger partial charge in [-0.25, -0.2) is 8.42 Å². The third kappa shape index (κ3) is 9.78. The molecular weight excluding hydrogens is 475 g/mol. The van der Waals surface area contributed by atoms with Gasteiger partial charge in [-0.1, -0.05) is 19.3 Å². The molecule has 0 radical (unpaired) electrons. The number of nitrogens with one attached hydrogen (secondary N) is 2. The van der Waals surface area contributed by atoms with Crippen LogP contribution in [-0.4, -0.2) is 70.1 Å². The van der Waals surface area contributed by atoms with E-state index in [9.17, 15) is 8.42 Å². The van der Waals surface area contributed by atoms with Gasteiger partial charge in [0.05, 0.1) is 5.75 Å². The van der Waals surface area contributed by atoms with Crippen molar-refractivity contribution in [3.05, 3.63) is 0 Å². The predicted molar refractivity (Wildman–Crippen MR) is 125 cm³/mol. The normalized spacial score (nSPS) is 23.7. The molecule has 0 amide bonds. The Labute approximate surface area is 183 Å². The molecule has 1 saturated carbocycles. The van der Waals surface area contributed by atoms with Gasteiger partial charge >= 0.3 is 0 Å². The Bertz CT molecular complexity index is 550. The lowest BCUT2D eigenvalue weighted by Crippen LogP contribution is -2.48. The van der Waals surface area contributed by atoms with Crippen molar-refractivity contribution in [3.8, 4) is 0 Å². The van der Waals surface area contributed by atoms with Gasteiger partial charge in [0.2, 0.25) is 0 Å². The van der Waals surface area contributed by atoms with Crippen molar-refractivity contribution in [2.75, 3.05) is 38.7 Å². The van der Waals surface area contributed by atoms with Gasteiger partial charge in [-0.05, 0) is 51.5 Å². The first-order valence-corrected chi connectivity index (χ1v) is 12.3. The van der Waals surface area contributed by atoms with E-state index in [1.165, 1.54) is 64.3 Å². The minimum Gasteiger partial charge on any atom is -0.355 e.